The fourth-order valence-corrected chi connectivity index (χ4v) is 2.96. The number of nitrogens with one attached hydrogen (secondary N) is 1. The molecule has 0 aromatic heterocycles. The van der Waals surface area contributed by atoms with Gasteiger partial charge in [0.1, 0.15) is 11.8 Å². The van der Waals surface area contributed by atoms with E-state index in [1.807, 2.05) is 20.8 Å². The van der Waals surface area contributed by atoms with Crippen LogP contribution in [0.15, 0.2) is 0 Å². The Hall–Kier alpha value is -0.840. The van der Waals surface area contributed by atoms with Gasteiger partial charge >= 0.3 is 6.09 Å². The van der Waals surface area contributed by atoms with Crippen LogP contribution in [0, 0.1) is 5.41 Å². The molecular weight excluding hydrogens is 247 g/mol. The quantitative estimate of drug-likeness (QED) is 0.736. The number of amides is 1. The summed E-state index contributed by atoms with van der Waals surface area (Å²) in [7, 11) is 0. The summed E-state index contributed by atoms with van der Waals surface area (Å²) in [6.45, 7) is 7.95. The molecule has 2 rings (SSSR count). The molecule has 0 aromatic rings. The number of nitrogens with zero attached hydrogens (tertiary/aromatic N) is 1. The lowest BCUT2D eigenvalue weighted by molar-refractivity contribution is -0.0284. The van der Waals surface area contributed by atoms with Crippen molar-refractivity contribution < 1.29 is 13.9 Å². The van der Waals surface area contributed by atoms with Crippen molar-refractivity contribution in [1.82, 2.24) is 10.2 Å². The van der Waals surface area contributed by atoms with Gasteiger partial charge in [0.15, 0.2) is 0 Å². The molecule has 5 heteroatoms. The van der Waals surface area contributed by atoms with Crippen LogP contribution in [0.4, 0.5) is 9.18 Å². The summed E-state index contributed by atoms with van der Waals surface area (Å²) in [5.74, 6) is 0. The Morgan fingerprint density at radius 3 is 2.68 bits per heavy atom. The first-order valence-corrected chi connectivity index (χ1v) is 7.15. The predicted octanol–water partition coefficient (Wildman–Crippen LogP) is 2.34. The number of carbonyl (C=O) groups is 1. The third-order valence-electron chi connectivity index (χ3n) is 4.08. The van der Waals surface area contributed by atoms with E-state index in [1.54, 1.807) is 0 Å². The largest absolute Gasteiger partial charge is 0.444 e. The van der Waals surface area contributed by atoms with Gasteiger partial charge in [-0.25, -0.2) is 9.18 Å². The normalized spacial score (nSPS) is 32.4. The molecule has 19 heavy (non-hydrogen) atoms. The third kappa shape index (κ3) is 3.38. The van der Waals surface area contributed by atoms with Gasteiger partial charge in [0.25, 0.3) is 0 Å². The summed E-state index contributed by atoms with van der Waals surface area (Å²) < 4.78 is 19.8. The Balaban J connectivity index is 1.94. The number of rotatable bonds is 0. The van der Waals surface area contributed by atoms with Crippen molar-refractivity contribution in [2.75, 3.05) is 26.2 Å². The van der Waals surface area contributed by atoms with Crippen molar-refractivity contribution in [1.29, 1.82) is 0 Å². The van der Waals surface area contributed by atoms with Crippen LogP contribution in [-0.2, 0) is 4.74 Å². The van der Waals surface area contributed by atoms with Crippen molar-refractivity contribution in [3.8, 4) is 0 Å². The fourth-order valence-electron chi connectivity index (χ4n) is 2.96. The van der Waals surface area contributed by atoms with Crippen LogP contribution in [0.1, 0.15) is 40.0 Å². The molecule has 0 saturated carbocycles. The maximum absolute atomic E-state index is 14.5. The highest BCUT2D eigenvalue weighted by Gasteiger charge is 2.45. The number of piperidine rings is 2. The SMILES string of the molecule is CC(C)(C)OC(=O)N1CCC2(CCCNC2)C(F)C1. The number of alkyl halides is 1. The summed E-state index contributed by atoms with van der Waals surface area (Å²) >= 11 is 0. The maximum atomic E-state index is 14.5. The second-order valence-electron chi connectivity index (χ2n) is 6.79. The molecule has 110 valence electrons. The summed E-state index contributed by atoms with van der Waals surface area (Å²) in [4.78, 5) is 13.5. The number of halogens is 1. The van der Waals surface area contributed by atoms with E-state index in [1.165, 1.54) is 4.90 Å². The van der Waals surface area contributed by atoms with E-state index in [-0.39, 0.29) is 12.0 Å². The zero-order valence-electron chi connectivity index (χ0n) is 12.2. The molecule has 2 fully saturated rings. The molecule has 0 aromatic carbocycles. The fraction of sp³-hybridized carbons (Fsp3) is 0.929. The van der Waals surface area contributed by atoms with Crippen molar-refractivity contribution in [2.45, 2.75) is 51.8 Å². The molecule has 0 aliphatic carbocycles. The van der Waals surface area contributed by atoms with Crippen LogP contribution in [-0.4, -0.2) is 48.9 Å². The smallest absolute Gasteiger partial charge is 0.410 e. The van der Waals surface area contributed by atoms with Gasteiger partial charge in [-0.2, -0.15) is 0 Å². The zero-order valence-corrected chi connectivity index (χ0v) is 12.2. The topological polar surface area (TPSA) is 41.6 Å². The van der Waals surface area contributed by atoms with Crippen molar-refractivity contribution in [2.24, 2.45) is 5.41 Å². The summed E-state index contributed by atoms with van der Waals surface area (Å²) in [5.41, 5.74) is -0.790. The monoisotopic (exact) mass is 272 g/mol. The summed E-state index contributed by atoms with van der Waals surface area (Å²) in [5, 5.41) is 3.28. The van der Waals surface area contributed by atoms with Gasteiger partial charge in [0.2, 0.25) is 0 Å². The van der Waals surface area contributed by atoms with E-state index in [0.29, 0.717) is 6.54 Å². The Bertz CT molecular complexity index is 335. The lowest BCUT2D eigenvalue weighted by Gasteiger charge is -2.46. The van der Waals surface area contributed by atoms with E-state index in [9.17, 15) is 9.18 Å². The van der Waals surface area contributed by atoms with Gasteiger partial charge in [-0.3, -0.25) is 0 Å². The first kappa shape index (κ1) is 14.6. The van der Waals surface area contributed by atoms with Crippen LogP contribution in [0.5, 0.6) is 0 Å². The van der Waals surface area contributed by atoms with E-state index < -0.39 is 17.9 Å². The first-order chi connectivity index (χ1) is 8.82. The standard InChI is InChI=1S/C14H25FN2O2/c1-13(2,3)19-12(18)17-8-6-14(11(15)9-17)5-4-7-16-10-14/h11,16H,4-10H2,1-3H3. The zero-order chi connectivity index (χ0) is 14.1. The van der Waals surface area contributed by atoms with Crippen LogP contribution in [0.3, 0.4) is 0 Å². The van der Waals surface area contributed by atoms with Gasteiger partial charge in [0, 0.05) is 18.5 Å². The molecular formula is C14H25FN2O2. The first-order valence-electron chi connectivity index (χ1n) is 7.15. The van der Waals surface area contributed by atoms with Crippen LogP contribution in [0.2, 0.25) is 0 Å². The Labute approximate surface area is 114 Å². The Morgan fingerprint density at radius 2 is 2.16 bits per heavy atom. The van der Waals surface area contributed by atoms with E-state index >= 15 is 0 Å². The van der Waals surface area contributed by atoms with Crippen molar-refractivity contribution in [3.63, 3.8) is 0 Å². The molecule has 2 aliphatic rings. The second kappa shape index (κ2) is 5.27. The van der Waals surface area contributed by atoms with E-state index in [0.717, 1.165) is 32.4 Å². The van der Waals surface area contributed by atoms with Crippen LogP contribution >= 0.6 is 0 Å². The van der Waals surface area contributed by atoms with E-state index in [2.05, 4.69) is 5.32 Å². The number of hydrogen-bond acceptors (Lipinski definition) is 3. The number of hydrogen-bond donors (Lipinski definition) is 1. The van der Waals surface area contributed by atoms with E-state index in [4.69, 9.17) is 4.74 Å². The molecule has 2 saturated heterocycles. The highest BCUT2D eigenvalue weighted by molar-refractivity contribution is 5.68. The second-order valence-corrected chi connectivity index (χ2v) is 6.79. The van der Waals surface area contributed by atoms with Gasteiger partial charge in [-0.15, -0.1) is 0 Å². The molecule has 0 bridgehead atoms. The highest BCUT2D eigenvalue weighted by Crippen LogP contribution is 2.39. The number of ether oxygens (including phenoxy) is 1. The number of carbonyl (C=O) groups excluding carboxylic acids is 1. The lowest BCUT2D eigenvalue weighted by Crippen LogP contribution is -2.56. The Kier molecular flexibility index (Phi) is 4.04. The molecule has 2 unspecified atom stereocenters. The minimum Gasteiger partial charge on any atom is -0.444 e. The van der Waals surface area contributed by atoms with Gasteiger partial charge in [-0.05, 0) is 46.6 Å². The molecule has 2 aliphatic heterocycles. The third-order valence-corrected chi connectivity index (χ3v) is 4.08. The molecule has 4 nitrogen and oxygen atoms in total. The molecule has 2 heterocycles. The van der Waals surface area contributed by atoms with Crippen LogP contribution in [0.25, 0.3) is 0 Å². The maximum Gasteiger partial charge on any atom is 0.410 e. The molecule has 0 radical (unpaired) electrons. The Morgan fingerprint density at radius 1 is 1.42 bits per heavy atom. The molecule has 1 N–H and O–H groups in total. The van der Waals surface area contributed by atoms with Gasteiger partial charge < -0.3 is 15.0 Å². The summed E-state index contributed by atoms with van der Waals surface area (Å²) in [6, 6.07) is 0. The van der Waals surface area contributed by atoms with Crippen molar-refractivity contribution in [3.05, 3.63) is 0 Å². The summed E-state index contributed by atoms with van der Waals surface area (Å²) in [6.07, 6.45) is 1.31. The molecule has 2 atom stereocenters. The minimum absolute atomic E-state index is 0.163. The average molecular weight is 272 g/mol. The van der Waals surface area contributed by atoms with Crippen molar-refractivity contribution >= 4 is 6.09 Å². The van der Waals surface area contributed by atoms with Gasteiger partial charge in [0.05, 0.1) is 6.54 Å². The van der Waals surface area contributed by atoms with Crippen LogP contribution < -0.4 is 5.32 Å². The predicted molar refractivity (Wildman–Crippen MR) is 71.9 cm³/mol. The molecule has 1 spiro atoms. The molecule has 1 amide bonds. The average Bonchev–Trinajstić information content (AvgIpc) is 2.32. The number of likely N-dealkylation sites (tertiary alicyclic amines) is 1. The minimum atomic E-state index is -0.957. The van der Waals surface area contributed by atoms with Gasteiger partial charge in [-0.1, -0.05) is 0 Å². The highest BCUT2D eigenvalue weighted by atomic mass is 19.1. The lowest BCUT2D eigenvalue weighted by atomic mass is 9.72.